The van der Waals surface area contributed by atoms with Crippen molar-refractivity contribution in [3.05, 3.63) is 36.2 Å². The Morgan fingerprint density at radius 1 is 1.38 bits per heavy atom. The molecule has 1 aliphatic carbocycles. The summed E-state index contributed by atoms with van der Waals surface area (Å²) < 4.78 is 39.8. The Kier molecular flexibility index (Phi) is 4.44. The first kappa shape index (κ1) is 16.7. The van der Waals surface area contributed by atoms with E-state index < -0.39 is 18.0 Å². The highest BCUT2D eigenvalue weighted by molar-refractivity contribution is 5.43. The second kappa shape index (κ2) is 6.39. The molecule has 0 amide bonds. The zero-order valence-corrected chi connectivity index (χ0v) is 13.0. The first-order valence-electron chi connectivity index (χ1n) is 7.63. The monoisotopic (exact) mass is 341 g/mol. The Balaban J connectivity index is 1.62. The van der Waals surface area contributed by atoms with Crippen LogP contribution in [0, 0.1) is 5.92 Å². The Labute approximate surface area is 136 Å². The Morgan fingerprint density at radius 3 is 2.83 bits per heavy atom. The van der Waals surface area contributed by atoms with Crippen molar-refractivity contribution in [1.29, 1.82) is 0 Å². The van der Waals surface area contributed by atoms with Crippen molar-refractivity contribution in [1.82, 2.24) is 19.7 Å². The number of aromatic nitrogens is 4. The molecule has 0 radical (unpaired) electrons. The van der Waals surface area contributed by atoms with Gasteiger partial charge in [0.05, 0.1) is 6.10 Å². The van der Waals surface area contributed by atoms with Gasteiger partial charge in [0.2, 0.25) is 0 Å². The second-order valence-corrected chi connectivity index (χ2v) is 6.10. The minimum Gasteiger partial charge on any atom is -0.393 e. The number of rotatable bonds is 4. The largest absolute Gasteiger partial charge is 0.433 e. The number of pyridine rings is 1. The fraction of sp³-hybridized carbons (Fsp3) is 0.533. The SMILES string of the molecule is Cn1cnnc1[C@H]1C[C@H](CNc2ccnc(C(F)(F)F)c2)[C@H](O)C1. The van der Waals surface area contributed by atoms with Crippen molar-refractivity contribution in [2.75, 3.05) is 11.9 Å². The van der Waals surface area contributed by atoms with Gasteiger partial charge < -0.3 is 15.0 Å². The van der Waals surface area contributed by atoms with Gasteiger partial charge in [0.1, 0.15) is 17.8 Å². The lowest BCUT2D eigenvalue weighted by Gasteiger charge is -2.16. The molecule has 2 N–H and O–H groups in total. The number of alkyl halides is 3. The van der Waals surface area contributed by atoms with Gasteiger partial charge in [-0.2, -0.15) is 13.2 Å². The zero-order chi connectivity index (χ0) is 17.3. The summed E-state index contributed by atoms with van der Waals surface area (Å²) in [6, 6.07) is 2.46. The van der Waals surface area contributed by atoms with Crippen molar-refractivity contribution < 1.29 is 18.3 Å². The molecule has 2 aromatic rings. The molecule has 0 aromatic carbocycles. The van der Waals surface area contributed by atoms with Crippen LogP contribution in [-0.2, 0) is 13.2 Å². The van der Waals surface area contributed by atoms with Gasteiger partial charge >= 0.3 is 6.18 Å². The molecule has 6 nitrogen and oxygen atoms in total. The summed E-state index contributed by atoms with van der Waals surface area (Å²) >= 11 is 0. The molecule has 0 aliphatic heterocycles. The van der Waals surface area contributed by atoms with Gasteiger partial charge in [-0.25, -0.2) is 0 Å². The topological polar surface area (TPSA) is 75.9 Å². The molecular weight excluding hydrogens is 323 g/mol. The average molecular weight is 341 g/mol. The van der Waals surface area contributed by atoms with Gasteiger partial charge in [-0.15, -0.1) is 10.2 Å². The highest BCUT2D eigenvalue weighted by Gasteiger charge is 2.36. The minimum atomic E-state index is -4.47. The van der Waals surface area contributed by atoms with E-state index in [1.165, 1.54) is 6.07 Å². The number of aryl methyl sites for hydroxylation is 1. The molecule has 0 bridgehead atoms. The third kappa shape index (κ3) is 3.50. The van der Waals surface area contributed by atoms with E-state index in [4.69, 9.17) is 0 Å². The van der Waals surface area contributed by atoms with E-state index in [0.29, 0.717) is 25.1 Å². The fourth-order valence-electron chi connectivity index (χ4n) is 3.14. The lowest BCUT2D eigenvalue weighted by Crippen LogP contribution is -2.22. The maximum absolute atomic E-state index is 12.7. The molecular formula is C15H18F3N5O. The fourth-order valence-corrected chi connectivity index (χ4v) is 3.14. The van der Waals surface area contributed by atoms with Crippen LogP contribution in [0.2, 0.25) is 0 Å². The van der Waals surface area contributed by atoms with Gasteiger partial charge in [0.15, 0.2) is 0 Å². The summed E-state index contributed by atoms with van der Waals surface area (Å²) in [7, 11) is 1.85. The molecule has 0 spiro atoms. The van der Waals surface area contributed by atoms with E-state index in [1.807, 2.05) is 11.6 Å². The van der Waals surface area contributed by atoms with E-state index >= 15 is 0 Å². The minimum absolute atomic E-state index is 0.0609. The van der Waals surface area contributed by atoms with Crippen LogP contribution in [0.4, 0.5) is 18.9 Å². The van der Waals surface area contributed by atoms with E-state index in [-0.39, 0.29) is 11.8 Å². The van der Waals surface area contributed by atoms with Gasteiger partial charge in [-0.1, -0.05) is 0 Å². The summed E-state index contributed by atoms with van der Waals surface area (Å²) in [6.07, 6.45) is -0.980. The number of anilines is 1. The third-order valence-electron chi connectivity index (χ3n) is 4.39. The van der Waals surface area contributed by atoms with Crippen molar-refractivity contribution in [3.63, 3.8) is 0 Å². The number of hydrogen-bond donors (Lipinski definition) is 2. The average Bonchev–Trinajstić information content (AvgIpc) is 3.10. The highest BCUT2D eigenvalue weighted by Crippen LogP contribution is 2.37. The van der Waals surface area contributed by atoms with E-state index in [1.54, 1.807) is 6.33 Å². The number of halogens is 3. The quantitative estimate of drug-likeness (QED) is 0.892. The lowest BCUT2D eigenvalue weighted by atomic mass is 10.0. The number of aliphatic hydroxyl groups is 1. The standard InChI is InChI=1S/C15H18F3N5O/c1-23-8-21-22-14(23)9-4-10(12(24)5-9)7-20-11-2-3-19-13(6-11)15(16,17)18/h2-3,6,8-10,12,24H,4-5,7H2,1H3,(H,19,20)/t9-,10+,12+/m0/s1. The number of nitrogens with zero attached hydrogens (tertiary/aromatic N) is 4. The molecule has 2 aromatic heterocycles. The van der Waals surface area contributed by atoms with Crippen LogP contribution in [0.15, 0.2) is 24.7 Å². The maximum Gasteiger partial charge on any atom is 0.433 e. The molecule has 24 heavy (non-hydrogen) atoms. The van der Waals surface area contributed by atoms with E-state index in [2.05, 4.69) is 20.5 Å². The molecule has 1 aliphatic rings. The molecule has 0 unspecified atom stereocenters. The Morgan fingerprint density at radius 2 is 2.17 bits per heavy atom. The number of aliphatic hydroxyl groups excluding tert-OH is 1. The van der Waals surface area contributed by atoms with Crippen LogP contribution in [0.5, 0.6) is 0 Å². The molecule has 1 saturated carbocycles. The predicted molar refractivity (Wildman–Crippen MR) is 80.2 cm³/mol. The van der Waals surface area contributed by atoms with Crippen molar-refractivity contribution in [2.24, 2.45) is 13.0 Å². The smallest absolute Gasteiger partial charge is 0.393 e. The molecule has 2 heterocycles. The van der Waals surface area contributed by atoms with E-state index in [9.17, 15) is 18.3 Å². The van der Waals surface area contributed by atoms with Gasteiger partial charge in [0.25, 0.3) is 0 Å². The van der Waals surface area contributed by atoms with Gasteiger partial charge in [-0.05, 0) is 25.0 Å². The molecule has 3 rings (SSSR count). The first-order chi connectivity index (χ1) is 11.3. The first-order valence-corrected chi connectivity index (χ1v) is 7.63. The van der Waals surface area contributed by atoms with Crippen molar-refractivity contribution in [3.8, 4) is 0 Å². The molecule has 1 fully saturated rings. The summed E-state index contributed by atoms with van der Waals surface area (Å²) in [5.41, 5.74) is -0.594. The highest BCUT2D eigenvalue weighted by atomic mass is 19.4. The Hall–Kier alpha value is -2.16. The molecule has 3 atom stereocenters. The van der Waals surface area contributed by atoms with Crippen LogP contribution < -0.4 is 5.32 Å². The molecule has 9 heteroatoms. The van der Waals surface area contributed by atoms with Crippen LogP contribution in [-0.4, -0.2) is 37.5 Å². The number of hydrogen-bond acceptors (Lipinski definition) is 5. The van der Waals surface area contributed by atoms with Gasteiger partial charge in [-0.3, -0.25) is 4.98 Å². The zero-order valence-electron chi connectivity index (χ0n) is 13.0. The third-order valence-corrected chi connectivity index (χ3v) is 4.39. The van der Waals surface area contributed by atoms with Crippen LogP contribution in [0.1, 0.15) is 30.3 Å². The van der Waals surface area contributed by atoms with Crippen LogP contribution in [0.25, 0.3) is 0 Å². The summed E-state index contributed by atoms with van der Waals surface area (Å²) in [6.45, 7) is 0.386. The normalized spacial score (nSPS) is 24.3. The molecule has 0 saturated heterocycles. The summed E-state index contributed by atoms with van der Waals surface area (Å²) in [5, 5.41) is 21.1. The maximum atomic E-state index is 12.7. The Bertz CT molecular complexity index is 702. The van der Waals surface area contributed by atoms with Crippen molar-refractivity contribution in [2.45, 2.75) is 31.0 Å². The van der Waals surface area contributed by atoms with E-state index in [0.717, 1.165) is 18.1 Å². The molecule has 130 valence electrons. The van der Waals surface area contributed by atoms with Crippen LogP contribution in [0.3, 0.4) is 0 Å². The predicted octanol–water partition coefficient (Wildman–Crippen LogP) is 2.20. The van der Waals surface area contributed by atoms with Crippen LogP contribution >= 0.6 is 0 Å². The van der Waals surface area contributed by atoms with Crippen molar-refractivity contribution >= 4 is 5.69 Å². The second-order valence-electron chi connectivity index (χ2n) is 6.10. The summed E-state index contributed by atoms with van der Waals surface area (Å²) in [5.74, 6) is 0.858. The summed E-state index contributed by atoms with van der Waals surface area (Å²) in [4.78, 5) is 3.33. The van der Waals surface area contributed by atoms with Gasteiger partial charge in [0, 0.05) is 37.3 Å². The number of nitrogens with one attached hydrogen (secondary N) is 1. The lowest BCUT2D eigenvalue weighted by molar-refractivity contribution is -0.141.